The van der Waals surface area contributed by atoms with Crippen molar-refractivity contribution in [2.45, 2.75) is 25.3 Å². The van der Waals surface area contributed by atoms with E-state index in [1.54, 1.807) is 0 Å². The lowest BCUT2D eigenvalue weighted by atomic mass is 10.0. The molecule has 2 rings (SSSR count). The molecule has 0 saturated carbocycles. The summed E-state index contributed by atoms with van der Waals surface area (Å²) in [5.74, 6) is -0.182. The number of hydrogen-bond acceptors (Lipinski definition) is 2. The SMILES string of the molecule is CNC(CCc1ccccn1)Cc1ccc(F)cc1. The van der Waals surface area contributed by atoms with Crippen LogP contribution in [0, 0.1) is 5.82 Å². The average Bonchev–Trinajstić information content (AvgIpc) is 2.46. The maximum atomic E-state index is 12.9. The van der Waals surface area contributed by atoms with Gasteiger partial charge >= 0.3 is 0 Å². The van der Waals surface area contributed by atoms with Crippen molar-refractivity contribution in [3.63, 3.8) is 0 Å². The first-order valence-electron chi connectivity index (χ1n) is 6.59. The summed E-state index contributed by atoms with van der Waals surface area (Å²) in [5.41, 5.74) is 2.27. The molecule has 2 aromatic rings. The van der Waals surface area contributed by atoms with Crippen LogP contribution in [0.4, 0.5) is 4.39 Å². The Morgan fingerprint density at radius 2 is 1.95 bits per heavy atom. The van der Waals surface area contributed by atoms with Crippen LogP contribution in [-0.4, -0.2) is 18.1 Å². The van der Waals surface area contributed by atoms with Gasteiger partial charge in [-0.2, -0.15) is 0 Å². The molecule has 100 valence electrons. The zero-order chi connectivity index (χ0) is 13.5. The van der Waals surface area contributed by atoms with Crippen molar-refractivity contribution in [2.24, 2.45) is 0 Å². The van der Waals surface area contributed by atoms with Crippen LogP contribution in [0.3, 0.4) is 0 Å². The lowest BCUT2D eigenvalue weighted by Gasteiger charge is -2.16. The number of aryl methyl sites for hydroxylation is 1. The highest BCUT2D eigenvalue weighted by atomic mass is 19.1. The number of aromatic nitrogens is 1. The molecular formula is C16H19FN2. The van der Waals surface area contributed by atoms with Gasteiger partial charge in [0.25, 0.3) is 0 Å². The van der Waals surface area contributed by atoms with Crippen LogP contribution in [0.15, 0.2) is 48.7 Å². The first-order valence-corrected chi connectivity index (χ1v) is 6.59. The molecule has 0 spiro atoms. The first kappa shape index (κ1) is 13.7. The smallest absolute Gasteiger partial charge is 0.123 e. The second kappa shape index (κ2) is 7.00. The Morgan fingerprint density at radius 1 is 1.16 bits per heavy atom. The van der Waals surface area contributed by atoms with Gasteiger partial charge in [0.15, 0.2) is 0 Å². The molecule has 0 fully saturated rings. The van der Waals surface area contributed by atoms with Crippen molar-refractivity contribution in [1.29, 1.82) is 0 Å². The minimum Gasteiger partial charge on any atom is -0.317 e. The third-order valence-electron chi connectivity index (χ3n) is 3.28. The van der Waals surface area contributed by atoms with Gasteiger partial charge in [0.05, 0.1) is 0 Å². The molecule has 1 atom stereocenters. The summed E-state index contributed by atoms with van der Waals surface area (Å²) in [5, 5.41) is 3.31. The Bertz CT molecular complexity index is 482. The van der Waals surface area contributed by atoms with Crippen molar-refractivity contribution in [2.75, 3.05) is 7.05 Å². The second-order valence-electron chi connectivity index (χ2n) is 4.68. The quantitative estimate of drug-likeness (QED) is 0.861. The van der Waals surface area contributed by atoms with Crippen molar-refractivity contribution in [3.8, 4) is 0 Å². The summed E-state index contributed by atoms with van der Waals surface area (Å²) in [6, 6.07) is 13.1. The average molecular weight is 258 g/mol. The van der Waals surface area contributed by atoms with Gasteiger partial charge in [-0.1, -0.05) is 18.2 Å². The van der Waals surface area contributed by atoms with E-state index in [4.69, 9.17) is 0 Å². The largest absolute Gasteiger partial charge is 0.317 e. The molecule has 1 heterocycles. The number of nitrogens with one attached hydrogen (secondary N) is 1. The van der Waals surface area contributed by atoms with Crippen LogP contribution in [-0.2, 0) is 12.8 Å². The maximum absolute atomic E-state index is 12.9. The van der Waals surface area contributed by atoms with Crippen LogP contribution in [0.5, 0.6) is 0 Å². The topological polar surface area (TPSA) is 24.9 Å². The highest BCUT2D eigenvalue weighted by Gasteiger charge is 2.08. The fourth-order valence-corrected chi connectivity index (χ4v) is 2.12. The van der Waals surface area contributed by atoms with Gasteiger partial charge in [0, 0.05) is 17.9 Å². The predicted molar refractivity (Wildman–Crippen MR) is 75.5 cm³/mol. The van der Waals surface area contributed by atoms with Crippen LogP contribution in [0.25, 0.3) is 0 Å². The van der Waals surface area contributed by atoms with E-state index in [0.717, 1.165) is 30.5 Å². The fraction of sp³-hybridized carbons (Fsp3) is 0.312. The molecule has 0 aliphatic carbocycles. The molecule has 0 aliphatic heterocycles. The zero-order valence-corrected chi connectivity index (χ0v) is 11.1. The van der Waals surface area contributed by atoms with Crippen LogP contribution in [0.2, 0.25) is 0 Å². The molecule has 1 aromatic carbocycles. The number of halogens is 1. The molecule has 3 heteroatoms. The molecule has 0 aliphatic rings. The van der Waals surface area contributed by atoms with Crippen LogP contribution < -0.4 is 5.32 Å². The minimum atomic E-state index is -0.182. The highest BCUT2D eigenvalue weighted by Crippen LogP contribution is 2.09. The zero-order valence-electron chi connectivity index (χ0n) is 11.1. The number of nitrogens with zero attached hydrogens (tertiary/aromatic N) is 1. The molecule has 0 radical (unpaired) electrons. The Balaban J connectivity index is 1.88. The molecule has 1 aromatic heterocycles. The summed E-state index contributed by atoms with van der Waals surface area (Å²) in [6.45, 7) is 0. The van der Waals surface area contributed by atoms with Gasteiger partial charge in [0.1, 0.15) is 5.82 Å². The van der Waals surface area contributed by atoms with Gasteiger partial charge in [-0.15, -0.1) is 0 Å². The van der Waals surface area contributed by atoms with Crippen LogP contribution in [0.1, 0.15) is 17.7 Å². The number of rotatable bonds is 6. The Labute approximate surface area is 113 Å². The molecule has 0 bridgehead atoms. The van der Waals surface area contributed by atoms with E-state index >= 15 is 0 Å². The van der Waals surface area contributed by atoms with E-state index in [-0.39, 0.29) is 5.82 Å². The van der Waals surface area contributed by atoms with Gasteiger partial charge in [-0.3, -0.25) is 4.98 Å². The molecule has 2 nitrogen and oxygen atoms in total. The second-order valence-corrected chi connectivity index (χ2v) is 4.68. The van der Waals surface area contributed by atoms with Gasteiger partial charge < -0.3 is 5.32 Å². The third-order valence-corrected chi connectivity index (χ3v) is 3.28. The minimum absolute atomic E-state index is 0.182. The van der Waals surface area contributed by atoms with Gasteiger partial charge in [0.2, 0.25) is 0 Å². The maximum Gasteiger partial charge on any atom is 0.123 e. The Kier molecular flexibility index (Phi) is 5.04. The molecule has 0 saturated heterocycles. The molecule has 0 amide bonds. The molecule has 1 N–H and O–H groups in total. The predicted octanol–water partition coefficient (Wildman–Crippen LogP) is 2.98. The van der Waals surface area contributed by atoms with Crippen LogP contribution >= 0.6 is 0 Å². The van der Waals surface area contributed by atoms with Gasteiger partial charge in [-0.05, 0) is 56.1 Å². The van der Waals surface area contributed by atoms with E-state index in [1.807, 2.05) is 43.6 Å². The fourth-order valence-electron chi connectivity index (χ4n) is 2.12. The Morgan fingerprint density at radius 3 is 2.58 bits per heavy atom. The van der Waals surface area contributed by atoms with E-state index in [0.29, 0.717) is 6.04 Å². The van der Waals surface area contributed by atoms with Crippen molar-refractivity contribution >= 4 is 0 Å². The monoisotopic (exact) mass is 258 g/mol. The van der Waals surface area contributed by atoms with Gasteiger partial charge in [-0.25, -0.2) is 4.39 Å². The first-order chi connectivity index (χ1) is 9.28. The summed E-state index contributed by atoms with van der Waals surface area (Å²) in [4.78, 5) is 4.33. The molecular weight excluding hydrogens is 239 g/mol. The van der Waals surface area contributed by atoms with Crippen molar-refractivity contribution in [1.82, 2.24) is 10.3 Å². The number of pyridine rings is 1. The number of hydrogen-bond donors (Lipinski definition) is 1. The summed E-state index contributed by atoms with van der Waals surface area (Å²) in [6.07, 6.45) is 4.70. The third kappa shape index (κ3) is 4.45. The van der Waals surface area contributed by atoms with E-state index in [9.17, 15) is 4.39 Å². The molecule has 1 unspecified atom stereocenters. The molecule has 19 heavy (non-hydrogen) atoms. The van der Waals surface area contributed by atoms with E-state index < -0.39 is 0 Å². The van der Waals surface area contributed by atoms with Crippen molar-refractivity contribution < 1.29 is 4.39 Å². The summed E-state index contributed by atoms with van der Waals surface area (Å²) < 4.78 is 12.9. The summed E-state index contributed by atoms with van der Waals surface area (Å²) in [7, 11) is 1.96. The standard InChI is InChI=1S/C16H19FN2/c1-18-16(10-9-15-4-2-3-11-19-15)12-13-5-7-14(17)8-6-13/h2-8,11,16,18H,9-10,12H2,1H3. The normalized spacial score (nSPS) is 12.3. The number of benzene rings is 1. The van der Waals surface area contributed by atoms with E-state index in [2.05, 4.69) is 10.3 Å². The Hall–Kier alpha value is -1.74. The van der Waals surface area contributed by atoms with Crippen molar-refractivity contribution in [3.05, 3.63) is 65.7 Å². The number of likely N-dealkylation sites (N-methyl/N-ethyl adjacent to an activating group) is 1. The lowest BCUT2D eigenvalue weighted by molar-refractivity contribution is 0.516. The van der Waals surface area contributed by atoms with E-state index in [1.165, 1.54) is 12.1 Å². The lowest BCUT2D eigenvalue weighted by Crippen LogP contribution is -2.28. The highest BCUT2D eigenvalue weighted by molar-refractivity contribution is 5.17. The summed E-state index contributed by atoms with van der Waals surface area (Å²) >= 11 is 0.